The molecule has 1 aliphatic heterocycles. The molecule has 1 N–H and O–H groups in total. The molecular weight excluding hydrogens is 476 g/mol. The van der Waals surface area contributed by atoms with Crippen LogP contribution in [0, 0.1) is 0 Å². The van der Waals surface area contributed by atoms with Gasteiger partial charge in [-0.1, -0.05) is 62.0 Å². The molecule has 36 heavy (non-hydrogen) atoms. The fourth-order valence-corrected chi connectivity index (χ4v) is 4.62. The zero-order valence-electron chi connectivity index (χ0n) is 21.1. The number of carbonyl (C=O) groups excluding carboxylic acids is 1. The average Bonchev–Trinajstić information content (AvgIpc) is 3.31. The van der Waals surface area contributed by atoms with Crippen LogP contribution in [0.25, 0.3) is 0 Å². The number of hydrogen-bond donors (Lipinski definition) is 1. The van der Waals surface area contributed by atoms with Gasteiger partial charge in [0.05, 0.1) is 19.3 Å². The maximum atomic E-state index is 13.2. The molecule has 190 valence electrons. The maximum Gasteiger partial charge on any atom is 0.338 e. The number of aromatic nitrogens is 3. The molecule has 0 fully saturated rings. The van der Waals surface area contributed by atoms with Crippen molar-refractivity contribution in [2.24, 2.45) is 0 Å². The summed E-state index contributed by atoms with van der Waals surface area (Å²) >= 11 is 1.59. The number of esters is 1. The quantitative estimate of drug-likeness (QED) is 0.264. The average molecular weight is 509 g/mol. The number of anilines is 1. The molecule has 1 unspecified atom stereocenters. The van der Waals surface area contributed by atoms with Crippen molar-refractivity contribution in [2.45, 2.75) is 51.4 Å². The van der Waals surface area contributed by atoms with E-state index in [4.69, 9.17) is 19.3 Å². The smallest absolute Gasteiger partial charge is 0.338 e. The predicted molar refractivity (Wildman–Crippen MR) is 141 cm³/mol. The summed E-state index contributed by atoms with van der Waals surface area (Å²) in [4.78, 5) is 17.8. The zero-order valence-corrected chi connectivity index (χ0v) is 21.9. The van der Waals surface area contributed by atoms with E-state index in [0.717, 1.165) is 29.7 Å². The van der Waals surface area contributed by atoms with Gasteiger partial charge < -0.3 is 19.5 Å². The number of nitrogens with zero attached hydrogens (tertiary/aromatic N) is 3. The van der Waals surface area contributed by atoms with E-state index in [1.807, 2.05) is 62.4 Å². The first-order chi connectivity index (χ1) is 17.5. The molecule has 0 radical (unpaired) electrons. The van der Waals surface area contributed by atoms with Gasteiger partial charge in [0.25, 0.3) is 0 Å². The Morgan fingerprint density at radius 1 is 1.11 bits per heavy atom. The minimum Gasteiger partial charge on any atom is -0.493 e. The molecule has 2 heterocycles. The number of allylic oxidation sites excluding steroid dienone is 1. The Morgan fingerprint density at radius 2 is 1.92 bits per heavy atom. The van der Waals surface area contributed by atoms with E-state index in [2.05, 4.69) is 17.2 Å². The van der Waals surface area contributed by atoms with Crippen molar-refractivity contribution in [3.63, 3.8) is 0 Å². The third-order valence-corrected chi connectivity index (χ3v) is 6.71. The molecule has 1 atom stereocenters. The highest BCUT2D eigenvalue weighted by atomic mass is 32.2. The molecule has 0 spiro atoms. The molecule has 8 nitrogen and oxygen atoms in total. The summed E-state index contributed by atoms with van der Waals surface area (Å²) < 4.78 is 19.0. The van der Waals surface area contributed by atoms with Gasteiger partial charge in [0, 0.05) is 11.4 Å². The Labute approximate surface area is 216 Å². The molecule has 0 saturated heterocycles. The lowest BCUT2D eigenvalue weighted by Crippen LogP contribution is -2.29. The van der Waals surface area contributed by atoms with Crippen LogP contribution in [0.1, 0.15) is 50.8 Å². The van der Waals surface area contributed by atoms with Crippen molar-refractivity contribution in [1.82, 2.24) is 14.8 Å². The normalized spacial score (nSPS) is 14.7. The fourth-order valence-electron chi connectivity index (χ4n) is 3.94. The summed E-state index contributed by atoms with van der Waals surface area (Å²) in [6.45, 7) is 6.71. The van der Waals surface area contributed by atoms with Crippen molar-refractivity contribution in [2.75, 3.05) is 24.8 Å². The highest BCUT2D eigenvalue weighted by Gasteiger charge is 2.35. The van der Waals surface area contributed by atoms with Gasteiger partial charge in [-0.2, -0.15) is 4.98 Å². The SMILES string of the molecule is CCCOC(=O)C1=C(C)Nc2nc(SCCC)nn2C1c1ccc(OCc2ccccc2)c(OC)c1. The summed E-state index contributed by atoms with van der Waals surface area (Å²) in [7, 11) is 1.61. The summed E-state index contributed by atoms with van der Waals surface area (Å²) in [5, 5.41) is 8.64. The Hall–Kier alpha value is -3.46. The van der Waals surface area contributed by atoms with Gasteiger partial charge in [-0.05, 0) is 43.0 Å². The number of methoxy groups -OCH3 is 1. The molecule has 0 bridgehead atoms. The zero-order chi connectivity index (χ0) is 25.5. The van der Waals surface area contributed by atoms with Crippen molar-refractivity contribution in [1.29, 1.82) is 0 Å². The van der Waals surface area contributed by atoms with Gasteiger partial charge >= 0.3 is 5.97 Å². The van der Waals surface area contributed by atoms with Crippen LogP contribution in [0.2, 0.25) is 0 Å². The molecule has 3 aromatic rings. The molecule has 0 amide bonds. The second-order valence-electron chi connectivity index (χ2n) is 8.40. The predicted octanol–water partition coefficient (Wildman–Crippen LogP) is 5.61. The van der Waals surface area contributed by atoms with Crippen LogP contribution >= 0.6 is 11.8 Å². The molecule has 4 rings (SSSR count). The second kappa shape index (κ2) is 12.0. The fraction of sp³-hybridized carbons (Fsp3) is 0.370. The first-order valence-electron chi connectivity index (χ1n) is 12.1. The number of thioether (sulfide) groups is 1. The lowest BCUT2D eigenvalue weighted by Gasteiger charge is -2.28. The van der Waals surface area contributed by atoms with E-state index < -0.39 is 6.04 Å². The molecule has 9 heteroatoms. The molecule has 2 aromatic carbocycles. The van der Waals surface area contributed by atoms with Crippen LogP contribution in [0.3, 0.4) is 0 Å². The highest BCUT2D eigenvalue weighted by molar-refractivity contribution is 7.99. The van der Waals surface area contributed by atoms with Gasteiger partial charge in [0.2, 0.25) is 11.1 Å². The number of carbonyl (C=O) groups is 1. The lowest BCUT2D eigenvalue weighted by atomic mass is 9.95. The van der Waals surface area contributed by atoms with Crippen LogP contribution in [0.4, 0.5) is 5.95 Å². The van der Waals surface area contributed by atoms with E-state index in [1.54, 1.807) is 23.6 Å². The van der Waals surface area contributed by atoms with Crippen molar-refractivity contribution in [3.05, 3.63) is 70.9 Å². The highest BCUT2D eigenvalue weighted by Crippen LogP contribution is 2.40. The van der Waals surface area contributed by atoms with E-state index in [9.17, 15) is 4.79 Å². The second-order valence-corrected chi connectivity index (χ2v) is 9.46. The third-order valence-electron chi connectivity index (χ3n) is 5.67. The Balaban J connectivity index is 1.71. The van der Waals surface area contributed by atoms with Gasteiger partial charge in [-0.15, -0.1) is 5.10 Å². The van der Waals surface area contributed by atoms with Gasteiger partial charge in [0.15, 0.2) is 11.5 Å². The number of nitrogens with one attached hydrogen (secondary N) is 1. The van der Waals surface area contributed by atoms with Crippen molar-refractivity contribution < 1.29 is 19.0 Å². The molecule has 0 aliphatic carbocycles. The van der Waals surface area contributed by atoms with Crippen LogP contribution in [0.15, 0.2) is 65.0 Å². The summed E-state index contributed by atoms with van der Waals surface area (Å²) in [6, 6.07) is 15.1. The van der Waals surface area contributed by atoms with Crippen molar-refractivity contribution >= 4 is 23.7 Å². The lowest BCUT2D eigenvalue weighted by molar-refractivity contribution is -0.139. The first-order valence-corrected chi connectivity index (χ1v) is 13.1. The number of hydrogen-bond acceptors (Lipinski definition) is 8. The number of benzene rings is 2. The van der Waals surface area contributed by atoms with E-state index in [-0.39, 0.29) is 5.97 Å². The van der Waals surface area contributed by atoms with E-state index in [0.29, 0.717) is 47.1 Å². The van der Waals surface area contributed by atoms with Crippen LogP contribution in [0.5, 0.6) is 11.5 Å². The van der Waals surface area contributed by atoms with Crippen LogP contribution < -0.4 is 14.8 Å². The van der Waals surface area contributed by atoms with Gasteiger partial charge in [0.1, 0.15) is 12.6 Å². The molecule has 1 aliphatic rings. The van der Waals surface area contributed by atoms with Gasteiger partial charge in [-0.25, -0.2) is 9.48 Å². The molecular formula is C27H32N4O4S. The topological polar surface area (TPSA) is 87.5 Å². The minimum atomic E-state index is -0.522. The Bertz CT molecular complexity index is 1230. The largest absolute Gasteiger partial charge is 0.493 e. The number of rotatable bonds is 11. The van der Waals surface area contributed by atoms with E-state index in [1.165, 1.54) is 0 Å². The van der Waals surface area contributed by atoms with E-state index >= 15 is 0 Å². The van der Waals surface area contributed by atoms with Gasteiger partial charge in [-0.3, -0.25) is 0 Å². The Morgan fingerprint density at radius 3 is 2.64 bits per heavy atom. The first kappa shape index (κ1) is 25.6. The van der Waals surface area contributed by atoms with Crippen molar-refractivity contribution in [3.8, 4) is 11.5 Å². The third kappa shape index (κ3) is 5.67. The summed E-state index contributed by atoms with van der Waals surface area (Å²) in [6.07, 6.45) is 1.75. The van der Waals surface area contributed by atoms with Crippen LogP contribution in [-0.4, -0.2) is 40.2 Å². The summed E-state index contributed by atoms with van der Waals surface area (Å²) in [5.74, 6) is 2.31. The summed E-state index contributed by atoms with van der Waals surface area (Å²) in [5.41, 5.74) is 3.07. The maximum absolute atomic E-state index is 13.2. The minimum absolute atomic E-state index is 0.347. The molecule has 1 aromatic heterocycles. The van der Waals surface area contributed by atoms with Crippen LogP contribution in [-0.2, 0) is 16.1 Å². The number of ether oxygens (including phenoxy) is 3. The molecule has 0 saturated carbocycles. The Kier molecular flexibility index (Phi) is 8.53. The standard InChI is InChI=1S/C27H32N4O4S/c1-5-14-34-25(32)23-18(3)28-26-29-27(36-15-6-2)30-31(26)24(23)20-12-13-21(22(16-20)33-4)35-17-19-10-8-7-9-11-19/h7-13,16,24H,5-6,14-15,17H2,1-4H3,(H,28,29,30). The number of fused-ring (bicyclic) bond motifs is 1. The monoisotopic (exact) mass is 508 g/mol.